The quantitative estimate of drug-likeness (QED) is 0.355. The molecule has 0 bridgehead atoms. The molecule has 2 heterocycles. The maximum Gasteiger partial charge on any atom is 0.320 e. The molecule has 2 unspecified atom stereocenters. The molecule has 1 aromatic heterocycles. The molecule has 2 aromatic rings. The summed E-state index contributed by atoms with van der Waals surface area (Å²) in [5, 5.41) is 13.9. The molecule has 1 spiro atoms. The van der Waals surface area contributed by atoms with Gasteiger partial charge in [0.2, 0.25) is 5.91 Å². The predicted molar refractivity (Wildman–Crippen MR) is 160 cm³/mol. The van der Waals surface area contributed by atoms with Crippen LogP contribution in [0.3, 0.4) is 0 Å². The van der Waals surface area contributed by atoms with Gasteiger partial charge in [-0.25, -0.2) is 14.8 Å². The van der Waals surface area contributed by atoms with Crippen molar-refractivity contribution in [2.24, 2.45) is 5.92 Å². The maximum atomic E-state index is 14.1. The van der Waals surface area contributed by atoms with E-state index in [9.17, 15) is 14.7 Å². The molecule has 5 rings (SSSR count). The lowest BCUT2D eigenvalue weighted by atomic mass is 9.58. The number of urea groups is 1. The van der Waals surface area contributed by atoms with Crippen LogP contribution < -0.4 is 5.32 Å². The second kappa shape index (κ2) is 12.1. The Kier molecular flexibility index (Phi) is 8.69. The van der Waals surface area contributed by atoms with Crippen molar-refractivity contribution in [2.45, 2.75) is 114 Å². The van der Waals surface area contributed by atoms with Gasteiger partial charge in [0.15, 0.2) is 0 Å². The fraction of sp³-hybridized carbons (Fsp3) is 0.636. The molecule has 2 N–H and O–H groups in total. The first kappa shape index (κ1) is 29.5. The lowest BCUT2D eigenvalue weighted by Gasteiger charge is -2.52. The molecule has 3 fully saturated rings. The van der Waals surface area contributed by atoms with Crippen LogP contribution in [0.15, 0.2) is 49.1 Å². The number of aliphatic hydroxyl groups is 1. The Morgan fingerprint density at radius 3 is 2.34 bits per heavy atom. The molecule has 1 aliphatic heterocycles. The number of aromatic nitrogens is 2. The van der Waals surface area contributed by atoms with Crippen LogP contribution in [0.4, 0.5) is 10.5 Å². The normalized spacial score (nSPS) is 27.0. The second-order valence-electron chi connectivity index (χ2n) is 13.1. The summed E-state index contributed by atoms with van der Waals surface area (Å²) in [6.07, 6.45) is 14.3. The third-order valence-corrected chi connectivity index (χ3v) is 10.4. The maximum absolute atomic E-state index is 14.1. The van der Waals surface area contributed by atoms with Gasteiger partial charge < -0.3 is 20.2 Å². The highest BCUT2D eigenvalue weighted by molar-refractivity contribution is 5.91. The molecule has 2 atom stereocenters. The van der Waals surface area contributed by atoms with E-state index in [1.165, 1.54) is 18.3 Å². The smallest absolute Gasteiger partial charge is 0.320 e. The summed E-state index contributed by atoms with van der Waals surface area (Å²) < 4.78 is 0. The van der Waals surface area contributed by atoms with Gasteiger partial charge in [0.25, 0.3) is 0 Å². The molecular formula is C33H47N5O3. The summed E-state index contributed by atoms with van der Waals surface area (Å²) in [6.45, 7) is 7.78. The summed E-state index contributed by atoms with van der Waals surface area (Å²) in [6, 6.07) is 10.9. The molecule has 1 aromatic carbocycles. The van der Waals surface area contributed by atoms with Crippen LogP contribution in [0.5, 0.6) is 0 Å². The number of amides is 3. The average molecular weight is 562 g/mol. The van der Waals surface area contributed by atoms with E-state index in [0.717, 1.165) is 51.4 Å². The minimum atomic E-state index is -0.663. The van der Waals surface area contributed by atoms with Gasteiger partial charge in [-0.05, 0) is 75.2 Å². The van der Waals surface area contributed by atoms with Crippen LogP contribution in [0.25, 0.3) is 0 Å². The van der Waals surface area contributed by atoms with Gasteiger partial charge >= 0.3 is 6.03 Å². The minimum absolute atomic E-state index is 0.00471. The van der Waals surface area contributed by atoms with E-state index in [-0.39, 0.29) is 35.4 Å². The van der Waals surface area contributed by atoms with Crippen molar-refractivity contribution in [2.75, 3.05) is 18.4 Å². The molecule has 3 amide bonds. The topological polar surface area (TPSA) is 98.7 Å². The molecule has 3 aliphatic rings. The molecule has 1 saturated heterocycles. The summed E-state index contributed by atoms with van der Waals surface area (Å²) in [5.74, 6) is 0.393. The zero-order chi connectivity index (χ0) is 29.1. The third-order valence-electron chi connectivity index (χ3n) is 10.4. The van der Waals surface area contributed by atoms with E-state index < -0.39 is 5.60 Å². The molecule has 222 valence electrons. The third kappa shape index (κ3) is 5.99. The number of hydrogen-bond acceptors (Lipinski definition) is 5. The Hall–Kier alpha value is -3.00. The molecular weight excluding hydrogens is 514 g/mol. The fourth-order valence-electron chi connectivity index (χ4n) is 8.04. The Balaban J connectivity index is 1.36. The highest BCUT2D eigenvalue weighted by atomic mass is 16.3. The van der Waals surface area contributed by atoms with Crippen molar-refractivity contribution in [3.63, 3.8) is 0 Å². The number of anilines is 1. The standard InChI is InChI=1S/C33H47N5O3/c1-4-9-25(2)33(27-10-6-5-7-11-27)17-15-31(16-18-33)23-37(19-12-29(39)36-28-21-34-24-35-22-28)30(40)38(31)26(3)20-32(41)13-8-14-32/h5-7,10-11,21-22,24-26,41H,4,8-9,12-20,23H2,1-3H3,(H,36,39)/t25?,26?,31-,33-. The number of nitrogens with one attached hydrogen (secondary N) is 1. The first-order chi connectivity index (χ1) is 19.7. The highest BCUT2D eigenvalue weighted by Crippen LogP contribution is 2.53. The number of nitrogens with zero attached hydrogens (tertiary/aromatic N) is 4. The van der Waals surface area contributed by atoms with Crippen LogP contribution in [0.1, 0.15) is 97.0 Å². The Morgan fingerprint density at radius 1 is 1.05 bits per heavy atom. The molecule has 8 heteroatoms. The molecule has 2 aliphatic carbocycles. The zero-order valence-corrected chi connectivity index (χ0v) is 25.0. The highest BCUT2D eigenvalue weighted by Gasteiger charge is 2.56. The Labute approximate surface area is 244 Å². The van der Waals surface area contributed by atoms with Gasteiger partial charge in [0, 0.05) is 25.6 Å². The van der Waals surface area contributed by atoms with Crippen molar-refractivity contribution in [3.8, 4) is 0 Å². The van der Waals surface area contributed by atoms with Crippen molar-refractivity contribution < 1.29 is 14.7 Å². The minimum Gasteiger partial charge on any atom is -0.390 e. The van der Waals surface area contributed by atoms with Crippen LogP contribution >= 0.6 is 0 Å². The zero-order valence-electron chi connectivity index (χ0n) is 25.0. The van der Waals surface area contributed by atoms with E-state index in [4.69, 9.17) is 0 Å². The van der Waals surface area contributed by atoms with Gasteiger partial charge in [0.05, 0.1) is 29.2 Å². The van der Waals surface area contributed by atoms with Gasteiger partial charge in [-0.2, -0.15) is 0 Å². The van der Waals surface area contributed by atoms with E-state index in [0.29, 0.717) is 31.1 Å². The van der Waals surface area contributed by atoms with Crippen LogP contribution in [-0.2, 0) is 10.2 Å². The average Bonchev–Trinajstić information content (AvgIpc) is 3.23. The number of carbonyl (C=O) groups excluding carboxylic acids is 2. The molecule has 0 radical (unpaired) electrons. The molecule has 2 saturated carbocycles. The largest absolute Gasteiger partial charge is 0.390 e. The number of rotatable bonds is 11. The molecule has 8 nitrogen and oxygen atoms in total. The van der Waals surface area contributed by atoms with E-state index in [1.54, 1.807) is 12.4 Å². The SMILES string of the molecule is CCCC(C)[C@]1(c2ccccc2)CC[C@]2(CC1)CN(CCC(=O)Nc1cncnc1)C(=O)N2C(C)CC1(O)CCC1. The lowest BCUT2D eigenvalue weighted by molar-refractivity contribution is -0.116. The van der Waals surface area contributed by atoms with Gasteiger partial charge in [-0.15, -0.1) is 0 Å². The van der Waals surface area contributed by atoms with Gasteiger partial charge in [-0.1, -0.05) is 57.0 Å². The van der Waals surface area contributed by atoms with Gasteiger partial charge in [-0.3, -0.25) is 4.79 Å². The van der Waals surface area contributed by atoms with Crippen molar-refractivity contribution in [3.05, 3.63) is 54.6 Å². The Bertz CT molecular complexity index is 1180. The fourth-order valence-corrected chi connectivity index (χ4v) is 8.04. The molecule has 41 heavy (non-hydrogen) atoms. The lowest BCUT2D eigenvalue weighted by Crippen LogP contribution is -2.57. The van der Waals surface area contributed by atoms with Gasteiger partial charge in [0.1, 0.15) is 6.33 Å². The second-order valence-corrected chi connectivity index (χ2v) is 13.1. The van der Waals surface area contributed by atoms with E-state index in [1.807, 2.05) is 4.90 Å². The predicted octanol–water partition coefficient (Wildman–Crippen LogP) is 5.92. The summed E-state index contributed by atoms with van der Waals surface area (Å²) in [7, 11) is 0. The van der Waals surface area contributed by atoms with Crippen molar-refractivity contribution in [1.29, 1.82) is 0 Å². The summed E-state index contributed by atoms with van der Waals surface area (Å²) in [4.78, 5) is 38.7. The summed E-state index contributed by atoms with van der Waals surface area (Å²) in [5.41, 5.74) is 1.12. The monoisotopic (exact) mass is 561 g/mol. The van der Waals surface area contributed by atoms with Crippen LogP contribution in [-0.4, -0.2) is 67.1 Å². The van der Waals surface area contributed by atoms with Crippen molar-refractivity contribution in [1.82, 2.24) is 19.8 Å². The van der Waals surface area contributed by atoms with Crippen LogP contribution in [0.2, 0.25) is 0 Å². The van der Waals surface area contributed by atoms with Crippen LogP contribution in [0, 0.1) is 5.92 Å². The number of benzene rings is 1. The van der Waals surface area contributed by atoms with E-state index >= 15 is 0 Å². The summed E-state index contributed by atoms with van der Waals surface area (Å²) >= 11 is 0. The first-order valence-electron chi connectivity index (χ1n) is 15.6. The number of carbonyl (C=O) groups is 2. The first-order valence-corrected chi connectivity index (χ1v) is 15.6. The number of hydrogen-bond donors (Lipinski definition) is 2. The van der Waals surface area contributed by atoms with E-state index in [2.05, 4.69) is 71.3 Å². The van der Waals surface area contributed by atoms with Crippen molar-refractivity contribution >= 4 is 17.6 Å². The Morgan fingerprint density at radius 2 is 1.73 bits per heavy atom.